The highest BCUT2D eigenvalue weighted by atomic mass is 19.2. The number of nitrogens with zero attached hydrogens (tertiary/aromatic N) is 4. The molecule has 0 unspecified atom stereocenters. The summed E-state index contributed by atoms with van der Waals surface area (Å²) in [7, 11) is 0. The molecular formula is C23H24F3N5O2. The predicted octanol–water partition coefficient (Wildman–Crippen LogP) is 4.30. The van der Waals surface area contributed by atoms with Crippen LogP contribution in [0.1, 0.15) is 49.2 Å². The van der Waals surface area contributed by atoms with E-state index in [1.54, 1.807) is 29.1 Å². The van der Waals surface area contributed by atoms with E-state index in [9.17, 15) is 22.8 Å². The number of pyridine rings is 1. The number of halogens is 3. The van der Waals surface area contributed by atoms with Gasteiger partial charge in [-0.15, -0.1) is 0 Å². The van der Waals surface area contributed by atoms with E-state index in [2.05, 4.69) is 15.4 Å². The Morgan fingerprint density at radius 1 is 1.12 bits per heavy atom. The smallest absolute Gasteiger partial charge is 0.257 e. The van der Waals surface area contributed by atoms with Gasteiger partial charge in [-0.2, -0.15) is 5.10 Å². The molecule has 0 saturated heterocycles. The molecule has 0 aliphatic rings. The summed E-state index contributed by atoms with van der Waals surface area (Å²) in [5.41, 5.74) is 0.441. The number of carbonyl (C=O) groups is 2. The minimum Gasteiger partial charge on any atom is -0.329 e. The summed E-state index contributed by atoms with van der Waals surface area (Å²) in [5, 5.41) is 6.52. The second-order valence-electron chi connectivity index (χ2n) is 7.70. The Morgan fingerprint density at radius 2 is 1.88 bits per heavy atom. The van der Waals surface area contributed by atoms with Crippen molar-refractivity contribution in [2.24, 2.45) is 0 Å². The highest BCUT2D eigenvalue weighted by molar-refractivity contribution is 6.00. The molecule has 3 aromatic rings. The molecule has 2 heterocycles. The largest absolute Gasteiger partial charge is 0.329 e. The summed E-state index contributed by atoms with van der Waals surface area (Å²) >= 11 is 0. The summed E-state index contributed by atoms with van der Waals surface area (Å²) in [6.45, 7) is 5.51. The van der Waals surface area contributed by atoms with Crippen molar-refractivity contribution in [2.45, 2.75) is 33.1 Å². The highest BCUT2D eigenvalue weighted by Crippen LogP contribution is 2.24. The van der Waals surface area contributed by atoms with Gasteiger partial charge in [0.1, 0.15) is 6.54 Å². The van der Waals surface area contributed by atoms with E-state index < -0.39 is 41.5 Å². The van der Waals surface area contributed by atoms with Crippen LogP contribution in [0.4, 0.5) is 18.9 Å². The fourth-order valence-corrected chi connectivity index (χ4v) is 3.42. The SMILES string of the molecule is CCCN(CC(=O)Nc1ccc(F)c(F)c1F)C(=O)c1cnn(-c2ccccn2)c1C(C)C. The first kappa shape index (κ1) is 24.0. The molecule has 0 aliphatic heterocycles. The van der Waals surface area contributed by atoms with Crippen LogP contribution in [-0.4, -0.2) is 44.6 Å². The lowest BCUT2D eigenvalue weighted by atomic mass is 10.0. The molecule has 1 aromatic carbocycles. The second kappa shape index (κ2) is 10.3. The Bertz CT molecular complexity index is 1150. The molecule has 0 atom stereocenters. The maximum atomic E-state index is 13.9. The van der Waals surface area contributed by atoms with Gasteiger partial charge in [-0.1, -0.05) is 26.8 Å². The monoisotopic (exact) mass is 459 g/mol. The molecule has 0 saturated carbocycles. The summed E-state index contributed by atoms with van der Waals surface area (Å²) < 4.78 is 42.1. The van der Waals surface area contributed by atoms with Crippen LogP contribution in [0, 0.1) is 17.5 Å². The lowest BCUT2D eigenvalue weighted by Crippen LogP contribution is -2.39. The van der Waals surface area contributed by atoms with Gasteiger partial charge >= 0.3 is 0 Å². The highest BCUT2D eigenvalue weighted by Gasteiger charge is 2.26. The van der Waals surface area contributed by atoms with Crippen LogP contribution in [0.25, 0.3) is 5.82 Å². The zero-order valence-corrected chi connectivity index (χ0v) is 18.5. The summed E-state index contributed by atoms with van der Waals surface area (Å²) in [6, 6.07) is 6.97. The Hall–Kier alpha value is -3.69. The molecule has 0 bridgehead atoms. The van der Waals surface area contributed by atoms with Crippen LogP contribution in [0.15, 0.2) is 42.7 Å². The Labute approximate surface area is 189 Å². The van der Waals surface area contributed by atoms with E-state index in [-0.39, 0.29) is 12.5 Å². The van der Waals surface area contributed by atoms with E-state index in [1.807, 2.05) is 20.8 Å². The molecular weight excluding hydrogens is 435 g/mol. The summed E-state index contributed by atoms with van der Waals surface area (Å²) in [6.07, 6.45) is 3.61. The first-order valence-electron chi connectivity index (χ1n) is 10.5. The lowest BCUT2D eigenvalue weighted by Gasteiger charge is -2.22. The van der Waals surface area contributed by atoms with Crippen LogP contribution in [-0.2, 0) is 4.79 Å². The number of aromatic nitrogens is 3. The van der Waals surface area contributed by atoms with Crippen LogP contribution < -0.4 is 5.32 Å². The fraction of sp³-hybridized carbons (Fsp3) is 0.304. The lowest BCUT2D eigenvalue weighted by molar-refractivity contribution is -0.116. The quantitative estimate of drug-likeness (QED) is 0.510. The summed E-state index contributed by atoms with van der Waals surface area (Å²) in [5.74, 6) is -5.25. The molecule has 1 N–H and O–H groups in total. The number of anilines is 1. The molecule has 0 aliphatic carbocycles. The van der Waals surface area contributed by atoms with Gasteiger partial charge in [-0.05, 0) is 36.6 Å². The molecule has 10 heteroatoms. The topological polar surface area (TPSA) is 80.1 Å². The molecule has 2 amide bonds. The van der Waals surface area contributed by atoms with E-state index in [4.69, 9.17) is 0 Å². The third-order valence-electron chi connectivity index (χ3n) is 4.87. The van der Waals surface area contributed by atoms with Crippen molar-refractivity contribution >= 4 is 17.5 Å². The molecule has 0 spiro atoms. The van der Waals surface area contributed by atoms with Crippen molar-refractivity contribution in [3.8, 4) is 5.82 Å². The minimum atomic E-state index is -1.68. The minimum absolute atomic E-state index is 0.0814. The number of nitrogens with one attached hydrogen (secondary N) is 1. The van der Waals surface area contributed by atoms with Gasteiger partial charge in [0.15, 0.2) is 23.3 Å². The van der Waals surface area contributed by atoms with Crippen molar-refractivity contribution < 1.29 is 22.8 Å². The van der Waals surface area contributed by atoms with Crippen LogP contribution in [0.3, 0.4) is 0 Å². The molecule has 0 fully saturated rings. The van der Waals surface area contributed by atoms with Crippen LogP contribution in [0.5, 0.6) is 0 Å². The maximum absolute atomic E-state index is 13.9. The van der Waals surface area contributed by atoms with E-state index >= 15 is 0 Å². The van der Waals surface area contributed by atoms with Crippen LogP contribution >= 0.6 is 0 Å². The van der Waals surface area contributed by atoms with Crippen molar-refractivity contribution in [1.82, 2.24) is 19.7 Å². The van der Waals surface area contributed by atoms with E-state index in [1.165, 1.54) is 11.1 Å². The Kier molecular flexibility index (Phi) is 7.47. The van der Waals surface area contributed by atoms with Gasteiger partial charge < -0.3 is 10.2 Å². The summed E-state index contributed by atoms with van der Waals surface area (Å²) in [4.78, 5) is 31.4. The zero-order chi connectivity index (χ0) is 24.1. The number of rotatable bonds is 8. The average Bonchev–Trinajstić information content (AvgIpc) is 3.25. The molecule has 0 radical (unpaired) electrons. The Morgan fingerprint density at radius 3 is 2.52 bits per heavy atom. The molecule has 33 heavy (non-hydrogen) atoms. The van der Waals surface area contributed by atoms with Crippen molar-refractivity contribution in [1.29, 1.82) is 0 Å². The number of benzene rings is 1. The number of carbonyl (C=O) groups excluding carboxylic acids is 2. The van der Waals surface area contributed by atoms with Crippen molar-refractivity contribution in [2.75, 3.05) is 18.4 Å². The number of hydrogen-bond donors (Lipinski definition) is 1. The standard InChI is InChI=1S/C23H24F3N5O2/c1-4-11-30(13-19(32)29-17-9-8-16(24)20(25)21(17)26)23(33)15-12-28-31(22(15)14(2)3)18-7-5-6-10-27-18/h5-10,12,14H,4,11,13H2,1-3H3,(H,29,32). The molecule has 174 valence electrons. The van der Waals surface area contributed by atoms with Gasteiger partial charge in [0.25, 0.3) is 5.91 Å². The first-order chi connectivity index (χ1) is 15.7. The van der Waals surface area contributed by atoms with Gasteiger partial charge in [0.2, 0.25) is 5.91 Å². The third-order valence-corrected chi connectivity index (χ3v) is 4.87. The van der Waals surface area contributed by atoms with Gasteiger partial charge in [-0.25, -0.2) is 22.8 Å². The second-order valence-corrected chi connectivity index (χ2v) is 7.70. The molecule has 7 nitrogen and oxygen atoms in total. The third kappa shape index (κ3) is 5.21. The molecule has 2 aromatic heterocycles. The average molecular weight is 459 g/mol. The van der Waals surface area contributed by atoms with E-state index in [0.29, 0.717) is 29.6 Å². The van der Waals surface area contributed by atoms with Gasteiger partial charge in [0.05, 0.1) is 23.1 Å². The zero-order valence-electron chi connectivity index (χ0n) is 18.5. The normalized spacial score (nSPS) is 11.0. The fourth-order valence-electron chi connectivity index (χ4n) is 3.42. The van der Waals surface area contributed by atoms with Crippen molar-refractivity contribution in [3.63, 3.8) is 0 Å². The predicted molar refractivity (Wildman–Crippen MR) is 117 cm³/mol. The molecule has 3 rings (SSSR count). The van der Waals surface area contributed by atoms with Crippen molar-refractivity contribution in [3.05, 3.63) is 71.4 Å². The number of amides is 2. The van der Waals surface area contributed by atoms with E-state index in [0.717, 1.165) is 6.07 Å². The number of hydrogen-bond acceptors (Lipinski definition) is 4. The Balaban J connectivity index is 1.85. The first-order valence-corrected chi connectivity index (χ1v) is 10.5. The maximum Gasteiger partial charge on any atom is 0.257 e. The van der Waals surface area contributed by atoms with Gasteiger partial charge in [0, 0.05) is 12.7 Å². The van der Waals surface area contributed by atoms with Gasteiger partial charge in [-0.3, -0.25) is 9.59 Å². The van der Waals surface area contributed by atoms with Crippen LogP contribution in [0.2, 0.25) is 0 Å².